The van der Waals surface area contributed by atoms with Gasteiger partial charge in [0.1, 0.15) is 5.75 Å². The van der Waals surface area contributed by atoms with Crippen molar-refractivity contribution in [3.8, 4) is 5.75 Å². The van der Waals surface area contributed by atoms with Gasteiger partial charge in [-0.25, -0.2) is 0 Å². The Morgan fingerprint density at radius 2 is 1.86 bits per heavy atom. The Kier molecular flexibility index (Phi) is 6.41. The van der Waals surface area contributed by atoms with E-state index in [1.54, 1.807) is 7.11 Å². The van der Waals surface area contributed by atoms with E-state index in [9.17, 15) is 4.79 Å². The molecule has 2 aliphatic rings. The zero-order chi connectivity index (χ0) is 20.2. The molecule has 2 aromatic rings. The molecular formula is C24H29ClN2O2. The molecule has 1 saturated carbocycles. The van der Waals surface area contributed by atoms with Crippen molar-refractivity contribution in [1.82, 2.24) is 10.2 Å². The average Bonchev–Trinajstić information content (AvgIpc) is 3.56. The number of ether oxygens (including phenoxy) is 1. The maximum atomic E-state index is 12.8. The fourth-order valence-corrected chi connectivity index (χ4v) is 4.72. The van der Waals surface area contributed by atoms with Crippen molar-refractivity contribution in [1.29, 1.82) is 0 Å². The molecule has 29 heavy (non-hydrogen) atoms. The van der Waals surface area contributed by atoms with Gasteiger partial charge in [-0.2, -0.15) is 0 Å². The van der Waals surface area contributed by atoms with E-state index in [4.69, 9.17) is 16.3 Å². The van der Waals surface area contributed by atoms with Crippen LogP contribution in [0.15, 0.2) is 48.5 Å². The number of benzene rings is 2. The minimum absolute atomic E-state index is 0.0350. The summed E-state index contributed by atoms with van der Waals surface area (Å²) in [4.78, 5) is 15.3. The zero-order valence-corrected chi connectivity index (χ0v) is 17.7. The second-order valence-electron chi connectivity index (χ2n) is 8.10. The number of carbonyl (C=O) groups is 1. The molecule has 4 nitrogen and oxygen atoms in total. The van der Waals surface area contributed by atoms with E-state index < -0.39 is 0 Å². The normalized spacial score (nSPS) is 22.7. The van der Waals surface area contributed by atoms with E-state index >= 15 is 0 Å². The van der Waals surface area contributed by atoms with Crippen LogP contribution >= 0.6 is 11.6 Å². The summed E-state index contributed by atoms with van der Waals surface area (Å²) in [6.07, 6.45) is 4.61. The van der Waals surface area contributed by atoms with Gasteiger partial charge in [-0.15, -0.1) is 0 Å². The third kappa shape index (κ3) is 4.76. The van der Waals surface area contributed by atoms with Gasteiger partial charge in [0.2, 0.25) is 5.91 Å². The number of likely N-dealkylation sites (tertiary alicyclic amines) is 1. The Bertz CT molecular complexity index is 833. The molecule has 1 aliphatic carbocycles. The number of rotatable bonds is 7. The molecule has 1 amide bonds. The predicted molar refractivity (Wildman–Crippen MR) is 116 cm³/mol. The van der Waals surface area contributed by atoms with Gasteiger partial charge in [-0.1, -0.05) is 48.4 Å². The van der Waals surface area contributed by atoms with Crippen LogP contribution < -0.4 is 10.1 Å². The summed E-state index contributed by atoms with van der Waals surface area (Å²) < 4.78 is 5.30. The highest BCUT2D eigenvalue weighted by Gasteiger charge is 2.44. The van der Waals surface area contributed by atoms with Crippen LogP contribution in [0, 0.1) is 5.92 Å². The van der Waals surface area contributed by atoms with E-state index in [0.29, 0.717) is 6.54 Å². The van der Waals surface area contributed by atoms with E-state index in [-0.39, 0.29) is 23.8 Å². The number of carbonyl (C=O) groups excluding carboxylic acids is 1. The summed E-state index contributed by atoms with van der Waals surface area (Å²) >= 11 is 6.31. The molecule has 3 atom stereocenters. The molecule has 0 spiro atoms. The molecule has 154 valence electrons. The molecule has 0 aromatic heterocycles. The summed E-state index contributed by atoms with van der Waals surface area (Å²) in [5.41, 5.74) is 2.32. The number of hydrogen-bond donors (Lipinski definition) is 1. The van der Waals surface area contributed by atoms with Crippen LogP contribution in [-0.2, 0) is 4.79 Å². The van der Waals surface area contributed by atoms with Crippen LogP contribution in [0.2, 0.25) is 5.02 Å². The minimum atomic E-state index is 0.0350. The fraction of sp³-hybridized carbons (Fsp3) is 0.458. The molecule has 1 saturated heterocycles. The highest BCUT2D eigenvalue weighted by Crippen LogP contribution is 2.49. The summed E-state index contributed by atoms with van der Waals surface area (Å²) in [5.74, 6) is 1.28. The number of methoxy groups -OCH3 is 1. The van der Waals surface area contributed by atoms with E-state index in [2.05, 4.69) is 22.3 Å². The number of halogens is 1. The monoisotopic (exact) mass is 412 g/mol. The summed E-state index contributed by atoms with van der Waals surface area (Å²) in [6, 6.07) is 16.3. The Hall–Kier alpha value is -2.04. The number of nitrogens with zero attached hydrogens (tertiary/aromatic N) is 1. The molecule has 1 heterocycles. The minimum Gasteiger partial charge on any atom is -0.497 e. The van der Waals surface area contributed by atoms with Gasteiger partial charge in [0.25, 0.3) is 0 Å². The molecule has 2 aromatic carbocycles. The van der Waals surface area contributed by atoms with Crippen LogP contribution in [-0.4, -0.2) is 37.6 Å². The van der Waals surface area contributed by atoms with Gasteiger partial charge in [-0.3, -0.25) is 9.69 Å². The Labute approximate surface area is 178 Å². The van der Waals surface area contributed by atoms with E-state index in [1.165, 1.54) is 24.8 Å². The third-order valence-electron chi connectivity index (χ3n) is 6.23. The second-order valence-corrected chi connectivity index (χ2v) is 8.51. The van der Waals surface area contributed by atoms with Crippen LogP contribution in [0.1, 0.15) is 48.8 Å². The average molecular weight is 413 g/mol. The van der Waals surface area contributed by atoms with Crippen molar-refractivity contribution in [2.75, 3.05) is 26.7 Å². The molecule has 1 N–H and O–H groups in total. The van der Waals surface area contributed by atoms with Crippen molar-refractivity contribution in [2.45, 2.75) is 37.6 Å². The highest BCUT2D eigenvalue weighted by molar-refractivity contribution is 6.31. The van der Waals surface area contributed by atoms with Crippen molar-refractivity contribution >= 4 is 17.5 Å². The summed E-state index contributed by atoms with van der Waals surface area (Å²) in [7, 11) is 1.68. The maximum Gasteiger partial charge on any atom is 0.223 e. The molecule has 4 rings (SSSR count). The van der Waals surface area contributed by atoms with Gasteiger partial charge in [-0.05, 0) is 67.6 Å². The summed E-state index contributed by atoms with van der Waals surface area (Å²) in [5, 5.41) is 3.99. The highest BCUT2D eigenvalue weighted by atomic mass is 35.5. The van der Waals surface area contributed by atoms with Crippen molar-refractivity contribution in [3.63, 3.8) is 0 Å². The van der Waals surface area contributed by atoms with Crippen LogP contribution in [0.25, 0.3) is 0 Å². The Morgan fingerprint density at radius 1 is 1.14 bits per heavy atom. The molecule has 2 fully saturated rings. The standard InChI is InChI=1S/C24H29ClN2O2/c1-29-18-11-9-17(10-12-18)23(27-13-5-2-6-14-27)16-26-24(28)21-15-20(21)19-7-3-4-8-22(19)25/h3-4,7-12,20-21,23H,2,5-6,13-16H2,1H3,(H,26,28). The van der Waals surface area contributed by atoms with Crippen LogP contribution in [0.5, 0.6) is 5.75 Å². The van der Waals surface area contributed by atoms with Gasteiger partial charge in [0, 0.05) is 17.5 Å². The lowest BCUT2D eigenvalue weighted by molar-refractivity contribution is -0.122. The third-order valence-corrected chi connectivity index (χ3v) is 6.58. The lowest BCUT2D eigenvalue weighted by atomic mass is 10.0. The van der Waals surface area contributed by atoms with Crippen molar-refractivity contribution in [3.05, 3.63) is 64.7 Å². The quantitative estimate of drug-likeness (QED) is 0.710. The first-order chi connectivity index (χ1) is 14.2. The Balaban J connectivity index is 1.41. The lowest BCUT2D eigenvalue weighted by Gasteiger charge is -2.35. The molecule has 3 unspecified atom stereocenters. The molecule has 0 radical (unpaired) electrons. The van der Waals surface area contributed by atoms with E-state index in [1.807, 2.05) is 36.4 Å². The lowest BCUT2D eigenvalue weighted by Crippen LogP contribution is -2.41. The first-order valence-electron chi connectivity index (χ1n) is 10.6. The maximum absolute atomic E-state index is 12.8. The number of piperidine rings is 1. The number of nitrogens with one attached hydrogen (secondary N) is 1. The molecular weight excluding hydrogens is 384 g/mol. The molecule has 0 bridgehead atoms. The zero-order valence-electron chi connectivity index (χ0n) is 16.9. The van der Waals surface area contributed by atoms with Gasteiger partial charge < -0.3 is 10.1 Å². The summed E-state index contributed by atoms with van der Waals surface area (Å²) in [6.45, 7) is 2.80. The van der Waals surface area contributed by atoms with Crippen LogP contribution in [0.3, 0.4) is 0 Å². The number of hydrogen-bond acceptors (Lipinski definition) is 3. The first kappa shape index (κ1) is 20.2. The van der Waals surface area contributed by atoms with Gasteiger partial charge in [0.05, 0.1) is 13.2 Å². The fourth-order valence-electron chi connectivity index (χ4n) is 4.45. The Morgan fingerprint density at radius 3 is 2.55 bits per heavy atom. The van der Waals surface area contributed by atoms with E-state index in [0.717, 1.165) is 35.8 Å². The predicted octanol–water partition coefficient (Wildman–Crippen LogP) is 4.80. The smallest absolute Gasteiger partial charge is 0.223 e. The van der Waals surface area contributed by atoms with Crippen molar-refractivity contribution in [2.24, 2.45) is 5.92 Å². The molecule has 5 heteroatoms. The SMILES string of the molecule is COc1ccc(C(CNC(=O)C2CC2c2ccccc2Cl)N2CCCCC2)cc1. The molecule has 1 aliphatic heterocycles. The topological polar surface area (TPSA) is 41.6 Å². The second kappa shape index (κ2) is 9.19. The number of amides is 1. The van der Waals surface area contributed by atoms with Crippen molar-refractivity contribution < 1.29 is 9.53 Å². The first-order valence-corrected chi connectivity index (χ1v) is 11.0. The van der Waals surface area contributed by atoms with Gasteiger partial charge in [0.15, 0.2) is 0 Å². The largest absolute Gasteiger partial charge is 0.497 e. The van der Waals surface area contributed by atoms with Gasteiger partial charge >= 0.3 is 0 Å². The van der Waals surface area contributed by atoms with Crippen LogP contribution in [0.4, 0.5) is 0 Å².